The number of benzene rings is 1. The summed E-state index contributed by atoms with van der Waals surface area (Å²) in [6.07, 6.45) is 0.0481. The monoisotopic (exact) mass is 407 g/mol. The lowest BCUT2D eigenvalue weighted by Gasteiger charge is -2.36. The van der Waals surface area contributed by atoms with Crippen LogP contribution in [0.25, 0.3) is 11.0 Å². The van der Waals surface area contributed by atoms with Crippen molar-refractivity contribution in [2.75, 3.05) is 37.7 Å². The molecule has 0 spiro atoms. The highest BCUT2D eigenvalue weighted by atomic mass is 19.1. The highest BCUT2D eigenvalue weighted by Gasteiger charge is 2.31. The fourth-order valence-corrected chi connectivity index (χ4v) is 4.16. The molecule has 1 amide bonds. The molecule has 3 atom stereocenters. The number of rotatable bonds is 4. The number of piperidine rings is 1. The lowest BCUT2D eigenvalue weighted by molar-refractivity contribution is -0.140. The first kappa shape index (κ1) is 20.0. The molecule has 2 N–H and O–H groups in total. The fraction of sp³-hybridized carbons (Fsp3) is 0.600. The summed E-state index contributed by atoms with van der Waals surface area (Å²) in [5.74, 6) is 0.0758. The second-order valence-corrected chi connectivity index (χ2v) is 7.77. The van der Waals surface area contributed by atoms with Crippen molar-refractivity contribution in [2.24, 2.45) is 5.73 Å². The van der Waals surface area contributed by atoms with Crippen molar-refractivity contribution >= 4 is 22.9 Å². The van der Waals surface area contributed by atoms with Crippen molar-refractivity contribution < 1.29 is 18.3 Å². The molecular weight excluding hydrogens is 380 g/mol. The molecule has 4 rings (SSSR count). The van der Waals surface area contributed by atoms with Crippen molar-refractivity contribution in [3.05, 3.63) is 24.0 Å². The third-order valence-electron chi connectivity index (χ3n) is 5.86. The van der Waals surface area contributed by atoms with Gasteiger partial charge in [-0.1, -0.05) is 6.92 Å². The Kier molecular flexibility index (Phi) is 5.69. The van der Waals surface area contributed by atoms with Gasteiger partial charge in [-0.3, -0.25) is 4.79 Å². The third-order valence-corrected chi connectivity index (χ3v) is 5.86. The van der Waals surface area contributed by atoms with Crippen molar-refractivity contribution in [1.29, 1.82) is 0 Å². The number of carbonyl (C=O) groups excluding carboxylic acids is 1. The van der Waals surface area contributed by atoms with Crippen LogP contribution in [0.2, 0.25) is 0 Å². The molecule has 2 saturated heterocycles. The first-order chi connectivity index (χ1) is 14.0. The van der Waals surface area contributed by atoms with E-state index in [0.717, 1.165) is 6.42 Å². The van der Waals surface area contributed by atoms with Crippen molar-refractivity contribution in [2.45, 2.75) is 44.6 Å². The summed E-state index contributed by atoms with van der Waals surface area (Å²) in [6, 6.07) is 3.74. The molecule has 2 aliphatic rings. The number of hydrogen-bond acceptors (Lipinski definition) is 5. The quantitative estimate of drug-likeness (QED) is 0.835. The number of alkyl halides is 1. The highest BCUT2D eigenvalue weighted by Crippen LogP contribution is 2.27. The number of morpholine rings is 1. The SMILES string of the molecule is CCC1COCCN1C(=O)Cn1c(N2CC[C@@H](F)[C@H](N)C2)nc2ccc(F)cc21. The zero-order valence-corrected chi connectivity index (χ0v) is 16.6. The minimum atomic E-state index is -1.05. The predicted molar refractivity (Wildman–Crippen MR) is 106 cm³/mol. The molecule has 1 unspecified atom stereocenters. The van der Waals surface area contributed by atoms with Crippen LogP contribution in [0.4, 0.5) is 14.7 Å². The number of nitrogens with two attached hydrogens (primary N) is 1. The second kappa shape index (κ2) is 8.23. The van der Waals surface area contributed by atoms with Gasteiger partial charge in [0.05, 0.1) is 36.3 Å². The van der Waals surface area contributed by atoms with E-state index in [-0.39, 0.29) is 18.5 Å². The summed E-state index contributed by atoms with van der Waals surface area (Å²) in [4.78, 5) is 21.5. The maximum atomic E-state index is 14.0. The van der Waals surface area contributed by atoms with E-state index in [9.17, 15) is 13.6 Å². The van der Waals surface area contributed by atoms with E-state index in [1.54, 1.807) is 10.6 Å². The molecule has 0 bridgehead atoms. The number of halogens is 2. The Morgan fingerprint density at radius 2 is 2.21 bits per heavy atom. The molecule has 1 aromatic heterocycles. The van der Waals surface area contributed by atoms with Crippen LogP contribution in [0.15, 0.2) is 18.2 Å². The average molecular weight is 407 g/mol. The third kappa shape index (κ3) is 3.93. The van der Waals surface area contributed by atoms with Gasteiger partial charge in [0.2, 0.25) is 11.9 Å². The molecule has 158 valence electrons. The molecule has 2 fully saturated rings. The van der Waals surface area contributed by atoms with E-state index in [4.69, 9.17) is 10.5 Å². The minimum Gasteiger partial charge on any atom is -0.377 e. The van der Waals surface area contributed by atoms with E-state index in [2.05, 4.69) is 4.98 Å². The average Bonchev–Trinajstić information content (AvgIpc) is 3.07. The van der Waals surface area contributed by atoms with Crippen molar-refractivity contribution in [3.63, 3.8) is 0 Å². The first-order valence-corrected chi connectivity index (χ1v) is 10.2. The Balaban J connectivity index is 1.68. The molecule has 0 saturated carbocycles. The van der Waals surface area contributed by atoms with Crippen LogP contribution in [0, 0.1) is 5.82 Å². The van der Waals surface area contributed by atoms with Gasteiger partial charge in [-0.05, 0) is 31.0 Å². The molecule has 9 heteroatoms. The molecule has 7 nitrogen and oxygen atoms in total. The topological polar surface area (TPSA) is 76.6 Å². The summed E-state index contributed by atoms with van der Waals surface area (Å²) in [6.45, 7) is 4.37. The molecule has 29 heavy (non-hydrogen) atoms. The maximum absolute atomic E-state index is 14.0. The normalized spacial score (nSPS) is 25.6. The first-order valence-electron chi connectivity index (χ1n) is 10.2. The van der Waals surface area contributed by atoms with Gasteiger partial charge >= 0.3 is 0 Å². The number of anilines is 1. The largest absolute Gasteiger partial charge is 0.377 e. The number of nitrogens with zero attached hydrogens (tertiary/aromatic N) is 4. The summed E-state index contributed by atoms with van der Waals surface area (Å²) in [5, 5.41) is 0. The minimum absolute atomic E-state index is 0.0296. The number of ether oxygens (including phenoxy) is 1. The number of amides is 1. The van der Waals surface area contributed by atoms with E-state index < -0.39 is 18.0 Å². The van der Waals surface area contributed by atoms with E-state index in [1.165, 1.54) is 12.1 Å². The maximum Gasteiger partial charge on any atom is 0.243 e. The van der Waals surface area contributed by atoms with Crippen LogP contribution >= 0.6 is 0 Å². The fourth-order valence-electron chi connectivity index (χ4n) is 4.16. The molecule has 1 aromatic carbocycles. The van der Waals surface area contributed by atoms with E-state index in [0.29, 0.717) is 56.3 Å². The molecule has 0 radical (unpaired) electrons. The Labute approximate surface area is 168 Å². The van der Waals surface area contributed by atoms with Crippen LogP contribution in [0.3, 0.4) is 0 Å². The van der Waals surface area contributed by atoms with Crippen molar-refractivity contribution in [3.8, 4) is 0 Å². The zero-order chi connectivity index (χ0) is 20.5. The molecule has 2 aromatic rings. The number of fused-ring (bicyclic) bond motifs is 1. The Morgan fingerprint density at radius 1 is 1.38 bits per heavy atom. The van der Waals surface area contributed by atoms with Crippen LogP contribution in [0.5, 0.6) is 0 Å². The summed E-state index contributed by atoms with van der Waals surface area (Å²) in [5.41, 5.74) is 7.07. The number of carbonyl (C=O) groups is 1. The molecule has 0 aliphatic carbocycles. The van der Waals surface area contributed by atoms with Crippen LogP contribution in [-0.2, 0) is 16.1 Å². The Morgan fingerprint density at radius 3 is 2.97 bits per heavy atom. The molecule has 3 heterocycles. The van der Waals surface area contributed by atoms with Gasteiger partial charge in [0.1, 0.15) is 18.5 Å². The zero-order valence-electron chi connectivity index (χ0n) is 16.6. The van der Waals surface area contributed by atoms with Gasteiger partial charge in [0, 0.05) is 19.6 Å². The standard InChI is InChI=1S/C20H27F2N5O2/c1-2-14-12-29-8-7-26(14)19(28)11-27-18-9-13(21)3-4-17(18)24-20(27)25-6-5-15(22)16(23)10-25/h3-4,9,14-16H,2,5-8,10-12,23H2,1H3/t14?,15-,16-/m1/s1. The summed E-state index contributed by atoms with van der Waals surface area (Å²) < 4.78 is 35.0. The summed E-state index contributed by atoms with van der Waals surface area (Å²) in [7, 11) is 0. The van der Waals surface area contributed by atoms with Gasteiger partial charge < -0.3 is 24.8 Å². The molecule has 2 aliphatic heterocycles. The number of hydrogen-bond donors (Lipinski definition) is 1. The lowest BCUT2D eigenvalue weighted by Crippen LogP contribution is -2.51. The lowest BCUT2D eigenvalue weighted by atomic mass is 10.1. The van der Waals surface area contributed by atoms with Gasteiger partial charge in [0.25, 0.3) is 0 Å². The number of aromatic nitrogens is 2. The Hall–Kier alpha value is -2.26. The van der Waals surface area contributed by atoms with Gasteiger partial charge in [-0.2, -0.15) is 0 Å². The van der Waals surface area contributed by atoms with Crippen LogP contribution in [0.1, 0.15) is 19.8 Å². The van der Waals surface area contributed by atoms with E-state index in [1.807, 2.05) is 16.7 Å². The van der Waals surface area contributed by atoms with Gasteiger partial charge in [0.15, 0.2) is 0 Å². The number of imidazole rings is 1. The van der Waals surface area contributed by atoms with Crippen LogP contribution < -0.4 is 10.6 Å². The second-order valence-electron chi connectivity index (χ2n) is 7.77. The molecular formula is C20H27F2N5O2. The Bertz CT molecular complexity index is 889. The predicted octanol–water partition coefficient (Wildman–Crippen LogP) is 1.69. The van der Waals surface area contributed by atoms with Gasteiger partial charge in [-0.15, -0.1) is 0 Å². The highest BCUT2D eigenvalue weighted by molar-refractivity contribution is 5.83. The van der Waals surface area contributed by atoms with Crippen molar-refractivity contribution in [1.82, 2.24) is 14.5 Å². The van der Waals surface area contributed by atoms with Gasteiger partial charge in [-0.25, -0.2) is 13.8 Å². The van der Waals surface area contributed by atoms with Crippen LogP contribution in [-0.4, -0.2) is 71.5 Å². The smallest absolute Gasteiger partial charge is 0.243 e. The van der Waals surface area contributed by atoms with E-state index >= 15 is 0 Å². The summed E-state index contributed by atoms with van der Waals surface area (Å²) >= 11 is 0.